The maximum absolute atomic E-state index is 12.8. The molecule has 0 radical (unpaired) electrons. The summed E-state index contributed by atoms with van der Waals surface area (Å²) >= 11 is 0. The molecule has 190 valence electrons. The normalized spacial score (nSPS) is 14.8. The lowest BCUT2D eigenvalue weighted by Crippen LogP contribution is -2.46. The molecule has 1 aromatic rings. The zero-order valence-electron chi connectivity index (χ0n) is 20.4. The lowest BCUT2D eigenvalue weighted by Gasteiger charge is -2.27. The minimum Gasteiger partial charge on any atom is -0.493 e. The molecule has 0 aromatic heterocycles. The molecule has 0 saturated carbocycles. The molecule has 1 amide bonds. The van der Waals surface area contributed by atoms with Crippen molar-refractivity contribution < 1.29 is 27.8 Å². The molecule has 10 heteroatoms. The molecule has 0 fully saturated rings. The first-order valence-corrected chi connectivity index (χ1v) is 12.9. The summed E-state index contributed by atoms with van der Waals surface area (Å²) in [4.78, 5) is 12.8. The standard InChI is InChI=1S/C23H41N3O6S/c1-16(2)18(13-20(24)21(27)15-26-33(29,30)17(3)4)14-25-23(28)19-9-6-7-10-22(19)32-12-8-11-31-5/h6-7,9-10,16-18,20-21,26-27H,8,11-15,24H2,1-5H3,(H,25,28)/t18-,20+,21+/m1/s1. The van der Waals surface area contributed by atoms with Crippen LogP contribution in [0, 0.1) is 11.8 Å². The Labute approximate surface area is 198 Å². The van der Waals surface area contributed by atoms with Gasteiger partial charge >= 0.3 is 0 Å². The Hall–Kier alpha value is -1.72. The van der Waals surface area contributed by atoms with Crippen molar-refractivity contribution in [3.05, 3.63) is 29.8 Å². The maximum atomic E-state index is 12.8. The van der Waals surface area contributed by atoms with Crippen LogP contribution in [0.5, 0.6) is 5.75 Å². The van der Waals surface area contributed by atoms with E-state index in [1.165, 1.54) is 0 Å². The summed E-state index contributed by atoms with van der Waals surface area (Å²) in [6.07, 6.45) is 0.115. The van der Waals surface area contributed by atoms with Crippen molar-refractivity contribution in [3.8, 4) is 5.75 Å². The second-order valence-corrected chi connectivity index (χ2v) is 11.1. The van der Waals surface area contributed by atoms with E-state index in [0.717, 1.165) is 6.42 Å². The molecule has 33 heavy (non-hydrogen) atoms. The lowest BCUT2D eigenvalue weighted by atomic mass is 9.87. The topological polar surface area (TPSA) is 140 Å². The van der Waals surface area contributed by atoms with E-state index < -0.39 is 27.4 Å². The molecule has 1 aromatic carbocycles. The van der Waals surface area contributed by atoms with Crippen LogP contribution in [0.3, 0.4) is 0 Å². The Balaban J connectivity index is 2.67. The van der Waals surface area contributed by atoms with Gasteiger partial charge in [-0.1, -0.05) is 26.0 Å². The molecule has 0 aliphatic carbocycles. The molecule has 5 N–H and O–H groups in total. The highest BCUT2D eigenvalue weighted by Gasteiger charge is 2.25. The summed E-state index contributed by atoms with van der Waals surface area (Å²) in [6, 6.07) is 6.42. The third-order valence-electron chi connectivity index (χ3n) is 5.53. The SMILES string of the molecule is COCCCOc1ccccc1C(=O)NC[C@@H](C[C@H](N)[C@@H](O)CNS(=O)(=O)C(C)C)C(C)C. The third-order valence-corrected chi connectivity index (χ3v) is 7.34. The molecule has 0 unspecified atom stereocenters. The number of hydrogen-bond donors (Lipinski definition) is 4. The molecule has 0 aliphatic heterocycles. The maximum Gasteiger partial charge on any atom is 0.255 e. The minimum absolute atomic E-state index is 0.00455. The van der Waals surface area contributed by atoms with Crippen LogP contribution < -0.4 is 20.5 Å². The van der Waals surface area contributed by atoms with Gasteiger partial charge in [-0.3, -0.25) is 4.79 Å². The van der Waals surface area contributed by atoms with E-state index in [2.05, 4.69) is 10.0 Å². The first-order valence-electron chi connectivity index (χ1n) is 11.4. The lowest BCUT2D eigenvalue weighted by molar-refractivity contribution is 0.0928. The van der Waals surface area contributed by atoms with E-state index in [1.807, 2.05) is 19.9 Å². The van der Waals surface area contributed by atoms with Crippen LogP contribution in [0.15, 0.2) is 24.3 Å². The average Bonchev–Trinajstić information content (AvgIpc) is 2.77. The van der Waals surface area contributed by atoms with Crippen molar-refractivity contribution in [2.75, 3.05) is 33.4 Å². The minimum atomic E-state index is -3.48. The number of methoxy groups -OCH3 is 1. The van der Waals surface area contributed by atoms with Gasteiger partial charge < -0.3 is 25.6 Å². The molecule has 0 saturated heterocycles. The van der Waals surface area contributed by atoms with Gasteiger partial charge in [-0.2, -0.15) is 0 Å². The second-order valence-electron chi connectivity index (χ2n) is 8.81. The van der Waals surface area contributed by atoms with Gasteiger partial charge in [0.25, 0.3) is 5.91 Å². The average molecular weight is 488 g/mol. The number of aliphatic hydroxyl groups is 1. The number of carbonyl (C=O) groups is 1. The van der Waals surface area contributed by atoms with Crippen LogP contribution in [-0.2, 0) is 14.8 Å². The Bertz CT molecular complexity index is 816. The number of amides is 1. The molecule has 1 rings (SSSR count). The number of sulfonamides is 1. The molecular weight excluding hydrogens is 446 g/mol. The van der Waals surface area contributed by atoms with Gasteiger partial charge in [-0.15, -0.1) is 0 Å². The van der Waals surface area contributed by atoms with Gasteiger partial charge in [-0.25, -0.2) is 13.1 Å². The number of para-hydroxylation sites is 1. The predicted molar refractivity (Wildman–Crippen MR) is 130 cm³/mol. The number of carbonyl (C=O) groups excluding carboxylic acids is 1. The van der Waals surface area contributed by atoms with Crippen LogP contribution in [0.4, 0.5) is 0 Å². The van der Waals surface area contributed by atoms with Crippen molar-refractivity contribution in [2.45, 2.75) is 57.9 Å². The molecule has 0 spiro atoms. The Morgan fingerprint density at radius 1 is 1.12 bits per heavy atom. The highest BCUT2D eigenvalue weighted by atomic mass is 32.2. The largest absolute Gasteiger partial charge is 0.493 e. The first-order chi connectivity index (χ1) is 15.5. The summed E-state index contributed by atoms with van der Waals surface area (Å²) in [5.74, 6) is 0.449. The second kappa shape index (κ2) is 14.5. The van der Waals surface area contributed by atoms with Crippen LogP contribution in [0.1, 0.15) is 50.9 Å². The van der Waals surface area contributed by atoms with E-state index in [-0.39, 0.29) is 24.3 Å². The zero-order valence-corrected chi connectivity index (χ0v) is 21.2. The fraction of sp³-hybridized carbons (Fsp3) is 0.696. The van der Waals surface area contributed by atoms with E-state index in [0.29, 0.717) is 37.5 Å². The van der Waals surface area contributed by atoms with Crippen molar-refractivity contribution in [3.63, 3.8) is 0 Å². The van der Waals surface area contributed by atoms with E-state index >= 15 is 0 Å². The zero-order chi connectivity index (χ0) is 25.0. The number of hydrogen-bond acceptors (Lipinski definition) is 7. The highest BCUT2D eigenvalue weighted by Crippen LogP contribution is 2.20. The van der Waals surface area contributed by atoms with Gasteiger partial charge in [0.05, 0.1) is 23.5 Å². The van der Waals surface area contributed by atoms with E-state index in [9.17, 15) is 18.3 Å². The smallest absolute Gasteiger partial charge is 0.255 e. The third kappa shape index (κ3) is 10.4. The molecule has 3 atom stereocenters. The van der Waals surface area contributed by atoms with Gasteiger partial charge in [0.1, 0.15) is 5.75 Å². The Morgan fingerprint density at radius 2 is 1.79 bits per heavy atom. The summed E-state index contributed by atoms with van der Waals surface area (Å²) in [5, 5.41) is 12.7. The summed E-state index contributed by atoms with van der Waals surface area (Å²) in [6.45, 7) is 8.41. The summed E-state index contributed by atoms with van der Waals surface area (Å²) in [7, 11) is -1.85. The fourth-order valence-electron chi connectivity index (χ4n) is 3.10. The van der Waals surface area contributed by atoms with Gasteiger partial charge in [0.2, 0.25) is 10.0 Å². The number of rotatable bonds is 16. The molecular formula is C23H41N3O6S. The number of ether oxygens (including phenoxy) is 2. The molecule has 0 aliphatic rings. The van der Waals surface area contributed by atoms with Gasteiger partial charge in [0, 0.05) is 39.3 Å². The summed E-state index contributed by atoms with van der Waals surface area (Å²) in [5.41, 5.74) is 6.60. The highest BCUT2D eigenvalue weighted by molar-refractivity contribution is 7.90. The van der Waals surface area contributed by atoms with Crippen LogP contribution in [0.25, 0.3) is 0 Å². The number of aliphatic hydroxyl groups excluding tert-OH is 1. The quantitative estimate of drug-likeness (QED) is 0.259. The molecule has 0 heterocycles. The molecule has 0 bridgehead atoms. The van der Waals surface area contributed by atoms with Crippen LogP contribution in [-0.4, -0.2) is 70.2 Å². The van der Waals surface area contributed by atoms with Crippen LogP contribution >= 0.6 is 0 Å². The Kier molecular flexibility index (Phi) is 12.9. The van der Waals surface area contributed by atoms with Crippen molar-refractivity contribution in [2.24, 2.45) is 17.6 Å². The van der Waals surface area contributed by atoms with Crippen molar-refractivity contribution in [1.82, 2.24) is 10.0 Å². The van der Waals surface area contributed by atoms with E-state index in [1.54, 1.807) is 39.2 Å². The Morgan fingerprint density at radius 3 is 2.39 bits per heavy atom. The fourth-order valence-corrected chi connectivity index (χ4v) is 3.84. The summed E-state index contributed by atoms with van der Waals surface area (Å²) < 4.78 is 36.9. The number of nitrogens with one attached hydrogen (secondary N) is 2. The van der Waals surface area contributed by atoms with Crippen molar-refractivity contribution in [1.29, 1.82) is 0 Å². The van der Waals surface area contributed by atoms with Crippen molar-refractivity contribution >= 4 is 15.9 Å². The van der Waals surface area contributed by atoms with Crippen LogP contribution in [0.2, 0.25) is 0 Å². The first kappa shape index (κ1) is 29.3. The number of nitrogens with two attached hydrogens (primary N) is 1. The van der Waals surface area contributed by atoms with Gasteiger partial charge in [-0.05, 0) is 44.2 Å². The van der Waals surface area contributed by atoms with E-state index in [4.69, 9.17) is 15.2 Å². The predicted octanol–water partition coefficient (Wildman–Crippen LogP) is 1.51. The monoisotopic (exact) mass is 487 g/mol. The number of benzene rings is 1. The molecule has 9 nitrogen and oxygen atoms in total. The van der Waals surface area contributed by atoms with Gasteiger partial charge in [0.15, 0.2) is 0 Å².